The van der Waals surface area contributed by atoms with Gasteiger partial charge in [-0.05, 0) is 77.0 Å². The Morgan fingerprint density at radius 2 is 0.698 bits per heavy atom. The summed E-state index contributed by atoms with van der Waals surface area (Å²) < 4.78 is 22.9. The molecule has 0 bridgehead atoms. The van der Waals surface area contributed by atoms with Crippen LogP contribution >= 0.6 is 0 Å². The van der Waals surface area contributed by atoms with Gasteiger partial charge in [0.1, 0.15) is 48.8 Å². The van der Waals surface area contributed by atoms with Gasteiger partial charge in [0.25, 0.3) is 0 Å². The number of unbranched alkanes of at least 4 members (excludes halogenated alkanes) is 47. The molecule has 96 heavy (non-hydrogen) atoms. The minimum Gasteiger partial charge on any atom is -0.394 e. The highest BCUT2D eigenvalue weighted by atomic mass is 16.7. The molecule has 0 radical (unpaired) electrons. The van der Waals surface area contributed by atoms with Crippen LogP contribution in [0.2, 0.25) is 0 Å². The standard InChI is InChI=1S/C82H151NO13/c1-3-5-7-9-11-13-15-17-19-21-23-25-27-29-31-33-35-37-39-41-43-45-47-49-51-53-55-57-59-61-63-65-71(86)70(69-93-81-79(92)77(90)80(73(68-85)95-81)96-82-78(91)76(89)75(88)72(67-84)94-82)83-74(87)66-64-62-60-58-56-54-52-50-48-46-44-42-40-38-36-34-32-30-28-26-24-22-20-18-16-14-12-10-8-6-4-2/h16,18,22,24,47,49,55,57,63,65,70-73,75-82,84-86,88-92H,3-15,17,19-21,23,25-46,48,50-54,56,58-62,64,66-69H2,1-2H3,(H,83,87)/b18-16-,24-22-,49-47+,57-55+,65-63+. The molecule has 1 amide bonds. The van der Waals surface area contributed by atoms with E-state index in [1.165, 1.54) is 276 Å². The Bertz CT molecular complexity index is 1840. The number of hydrogen-bond donors (Lipinski definition) is 9. The molecule has 2 fully saturated rings. The predicted octanol–water partition coefficient (Wildman–Crippen LogP) is 18.4. The van der Waals surface area contributed by atoms with Crippen LogP contribution in [-0.4, -0.2) is 140 Å². The first-order chi connectivity index (χ1) is 47.1. The van der Waals surface area contributed by atoms with E-state index in [2.05, 4.69) is 67.8 Å². The fourth-order valence-corrected chi connectivity index (χ4v) is 13.2. The fraction of sp³-hybridized carbons (Fsp3) is 0.866. The van der Waals surface area contributed by atoms with Gasteiger partial charge in [0.15, 0.2) is 12.6 Å². The molecule has 2 aliphatic heterocycles. The van der Waals surface area contributed by atoms with Crippen LogP contribution < -0.4 is 5.32 Å². The normalized spacial score (nSPS) is 22.5. The van der Waals surface area contributed by atoms with Crippen molar-refractivity contribution in [2.75, 3.05) is 19.8 Å². The summed E-state index contributed by atoms with van der Waals surface area (Å²) in [7, 11) is 0. The van der Waals surface area contributed by atoms with Crippen LogP contribution in [-0.2, 0) is 23.7 Å². The molecule has 12 unspecified atom stereocenters. The van der Waals surface area contributed by atoms with Crippen molar-refractivity contribution in [3.05, 3.63) is 60.8 Å². The second kappa shape index (κ2) is 66.0. The number of carbonyl (C=O) groups excluding carboxylic acids is 1. The summed E-state index contributed by atoms with van der Waals surface area (Å²) in [5.74, 6) is -0.248. The molecule has 2 heterocycles. The van der Waals surface area contributed by atoms with E-state index < -0.39 is 86.8 Å². The third kappa shape index (κ3) is 48.5. The Labute approximate surface area is 587 Å². The molecule has 2 aliphatic rings. The number of carbonyl (C=O) groups is 1. The van der Waals surface area contributed by atoms with E-state index in [-0.39, 0.29) is 18.9 Å². The van der Waals surface area contributed by atoms with E-state index in [1.807, 2.05) is 6.08 Å². The molecule has 9 N–H and O–H groups in total. The van der Waals surface area contributed by atoms with Crippen LogP contribution in [0.15, 0.2) is 60.8 Å². The maximum atomic E-state index is 13.4. The van der Waals surface area contributed by atoms with Gasteiger partial charge in [-0.15, -0.1) is 0 Å². The average molecular weight is 1360 g/mol. The van der Waals surface area contributed by atoms with Crippen molar-refractivity contribution in [1.82, 2.24) is 5.32 Å². The average Bonchev–Trinajstić information content (AvgIpc) is 0.797. The van der Waals surface area contributed by atoms with Gasteiger partial charge in [0.05, 0.1) is 32.0 Å². The van der Waals surface area contributed by atoms with Crippen LogP contribution in [0.4, 0.5) is 0 Å². The molecule has 12 atom stereocenters. The predicted molar refractivity (Wildman–Crippen MR) is 397 cm³/mol. The van der Waals surface area contributed by atoms with E-state index in [4.69, 9.17) is 18.9 Å². The molecule has 0 aromatic rings. The van der Waals surface area contributed by atoms with Crippen LogP contribution in [0.3, 0.4) is 0 Å². The number of amides is 1. The summed E-state index contributed by atoms with van der Waals surface area (Å²) in [4.78, 5) is 13.4. The number of hydrogen-bond acceptors (Lipinski definition) is 13. The van der Waals surface area contributed by atoms with E-state index in [0.717, 1.165) is 51.4 Å². The second-order valence-corrected chi connectivity index (χ2v) is 28.5. The largest absolute Gasteiger partial charge is 0.394 e. The lowest BCUT2D eigenvalue weighted by molar-refractivity contribution is -0.359. The molecule has 2 rings (SSSR count). The van der Waals surface area contributed by atoms with Crippen molar-refractivity contribution in [3.63, 3.8) is 0 Å². The third-order valence-corrected chi connectivity index (χ3v) is 19.7. The number of nitrogens with one attached hydrogen (secondary N) is 1. The summed E-state index contributed by atoms with van der Waals surface area (Å²) in [6, 6.07) is -0.941. The summed E-state index contributed by atoms with van der Waals surface area (Å²) in [5.41, 5.74) is 0. The van der Waals surface area contributed by atoms with Gasteiger partial charge in [0.2, 0.25) is 5.91 Å². The molecular weight excluding hydrogens is 1210 g/mol. The van der Waals surface area contributed by atoms with Crippen molar-refractivity contribution in [3.8, 4) is 0 Å². The molecule has 0 aromatic heterocycles. The Kier molecular flexibility index (Phi) is 61.7. The lowest BCUT2D eigenvalue weighted by Gasteiger charge is -2.46. The highest BCUT2D eigenvalue weighted by Crippen LogP contribution is 2.30. The quantitative estimate of drug-likeness (QED) is 0.0204. The lowest BCUT2D eigenvalue weighted by atomic mass is 9.97. The molecule has 14 nitrogen and oxygen atoms in total. The molecule has 562 valence electrons. The van der Waals surface area contributed by atoms with Crippen LogP contribution in [0.5, 0.6) is 0 Å². The van der Waals surface area contributed by atoms with Gasteiger partial charge >= 0.3 is 0 Å². The minimum atomic E-state index is -1.79. The SMILES string of the molecule is CCCCCCC/C=C\C/C=C\CCCCCCCCCCCCCCCCCCCCCC(=O)NC(COC1OC(CO)C(OC2OC(CO)C(O)C(O)C2O)C(O)C1O)C(O)/C=C/CC/C=C/CC/C=C/CCCCCCCCCCCCCCCCCCCCCCC. The number of allylic oxidation sites excluding steroid dienone is 9. The molecule has 0 spiro atoms. The van der Waals surface area contributed by atoms with E-state index >= 15 is 0 Å². The van der Waals surface area contributed by atoms with E-state index in [0.29, 0.717) is 12.8 Å². The Morgan fingerprint density at radius 3 is 1.08 bits per heavy atom. The van der Waals surface area contributed by atoms with Gasteiger partial charge in [-0.1, -0.05) is 338 Å². The number of rotatable bonds is 68. The smallest absolute Gasteiger partial charge is 0.220 e. The fourth-order valence-electron chi connectivity index (χ4n) is 13.2. The summed E-state index contributed by atoms with van der Waals surface area (Å²) >= 11 is 0. The Balaban J connectivity index is 1.64. The van der Waals surface area contributed by atoms with E-state index in [1.54, 1.807) is 6.08 Å². The highest BCUT2D eigenvalue weighted by Gasteiger charge is 2.51. The highest BCUT2D eigenvalue weighted by molar-refractivity contribution is 5.76. The second-order valence-electron chi connectivity index (χ2n) is 28.5. The van der Waals surface area contributed by atoms with Crippen molar-refractivity contribution in [2.24, 2.45) is 0 Å². The van der Waals surface area contributed by atoms with Gasteiger partial charge < -0.3 is 65.1 Å². The molecule has 14 heteroatoms. The third-order valence-electron chi connectivity index (χ3n) is 19.7. The van der Waals surface area contributed by atoms with Crippen molar-refractivity contribution in [1.29, 1.82) is 0 Å². The maximum Gasteiger partial charge on any atom is 0.220 e. The zero-order chi connectivity index (χ0) is 69.4. The zero-order valence-electron chi connectivity index (χ0n) is 61.6. The van der Waals surface area contributed by atoms with Crippen molar-refractivity contribution < 1.29 is 64.6 Å². The number of aliphatic hydroxyl groups excluding tert-OH is 8. The van der Waals surface area contributed by atoms with Crippen LogP contribution in [0.25, 0.3) is 0 Å². The first kappa shape index (κ1) is 89.8. The summed E-state index contributed by atoms with van der Waals surface area (Å²) in [6.45, 7) is 2.82. The molecule has 0 saturated carbocycles. The van der Waals surface area contributed by atoms with Crippen molar-refractivity contribution >= 4 is 5.91 Å². The molecule has 2 saturated heterocycles. The van der Waals surface area contributed by atoms with Gasteiger partial charge in [0, 0.05) is 6.42 Å². The lowest BCUT2D eigenvalue weighted by Crippen LogP contribution is -2.65. The maximum absolute atomic E-state index is 13.4. The first-order valence-electron chi connectivity index (χ1n) is 40.5. The Morgan fingerprint density at radius 1 is 0.375 bits per heavy atom. The van der Waals surface area contributed by atoms with Crippen LogP contribution in [0, 0.1) is 0 Å². The van der Waals surface area contributed by atoms with Gasteiger partial charge in [-0.25, -0.2) is 0 Å². The Hall–Kier alpha value is -2.31. The summed E-state index contributed by atoms with van der Waals surface area (Å²) in [5, 5.41) is 87.6. The topological polar surface area (TPSA) is 228 Å². The molecule has 0 aromatic carbocycles. The number of ether oxygens (including phenoxy) is 4. The minimum absolute atomic E-state index is 0.248. The van der Waals surface area contributed by atoms with Gasteiger partial charge in [-0.2, -0.15) is 0 Å². The number of aliphatic hydroxyl groups is 8. The zero-order valence-corrected chi connectivity index (χ0v) is 61.6. The van der Waals surface area contributed by atoms with E-state index in [9.17, 15) is 45.6 Å². The summed E-state index contributed by atoms with van der Waals surface area (Å²) in [6.07, 6.45) is 73.1. The molecular formula is C82H151NO13. The van der Waals surface area contributed by atoms with Crippen molar-refractivity contribution in [2.45, 2.75) is 434 Å². The monoisotopic (exact) mass is 1360 g/mol. The molecule has 0 aliphatic carbocycles. The first-order valence-corrected chi connectivity index (χ1v) is 40.5. The van der Waals surface area contributed by atoms with Crippen LogP contribution in [0.1, 0.15) is 361 Å². The van der Waals surface area contributed by atoms with Gasteiger partial charge in [-0.3, -0.25) is 4.79 Å².